The zero-order chi connectivity index (χ0) is 11.3. The van der Waals surface area contributed by atoms with Crippen LogP contribution in [0.5, 0.6) is 0 Å². The van der Waals surface area contributed by atoms with Crippen LogP contribution in [-0.2, 0) is 6.54 Å². The average Bonchev–Trinajstić information content (AvgIpc) is 2.15. The quantitative estimate of drug-likeness (QED) is 0.761. The van der Waals surface area contributed by atoms with Crippen molar-refractivity contribution in [2.75, 3.05) is 34.2 Å². The Hall–Kier alpha value is -0.570. The minimum Gasteiger partial charge on any atom is -0.308 e. The molecular weight excluding hydrogens is 208 g/mol. The molecule has 0 unspecified atom stereocenters. The highest BCUT2D eigenvalue weighted by molar-refractivity contribution is 6.30. The second kappa shape index (κ2) is 6.11. The molecule has 0 spiro atoms. The predicted octanol–water partition coefficient (Wildman–Crippen LogP) is 2.33. The molecule has 15 heavy (non-hydrogen) atoms. The number of hydrogen-bond acceptors (Lipinski definition) is 2. The van der Waals surface area contributed by atoms with Gasteiger partial charge in [-0.1, -0.05) is 23.7 Å². The molecule has 3 heteroatoms. The van der Waals surface area contributed by atoms with Crippen molar-refractivity contribution in [2.45, 2.75) is 6.54 Å². The lowest BCUT2D eigenvalue weighted by molar-refractivity contribution is 0.276. The van der Waals surface area contributed by atoms with E-state index in [2.05, 4.69) is 37.0 Å². The number of benzene rings is 1. The van der Waals surface area contributed by atoms with Crippen LogP contribution < -0.4 is 0 Å². The van der Waals surface area contributed by atoms with Crippen molar-refractivity contribution in [2.24, 2.45) is 0 Å². The maximum absolute atomic E-state index is 5.93. The summed E-state index contributed by atoms with van der Waals surface area (Å²) in [7, 11) is 6.31. The molecular formula is C12H19ClN2. The summed E-state index contributed by atoms with van der Waals surface area (Å²) in [4.78, 5) is 4.49. The third-order valence-electron chi connectivity index (χ3n) is 2.27. The van der Waals surface area contributed by atoms with Crippen molar-refractivity contribution in [1.82, 2.24) is 9.80 Å². The van der Waals surface area contributed by atoms with Crippen LogP contribution in [0.15, 0.2) is 24.3 Å². The van der Waals surface area contributed by atoms with Crippen molar-refractivity contribution in [1.29, 1.82) is 0 Å². The van der Waals surface area contributed by atoms with E-state index in [1.165, 1.54) is 5.56 Å². The summed E-state index contributed by atoms with van der Waals surface area (Å²) >= 11 is 5.93. The van der Waals surface area contributed by atoms with Gasteiger partial charge in [-0.05, 0) is 38.8 Å². The van der Waals surface area contributed by atoms with Crippen LogP contribution in [0.4, 0.5) is 0 Å². The summed E-state index contributed by atoms with van der Waals surface area (Å²) < 4.78 is 0. The van der Waals surface area contributed by atoms with E-state index in [0.717, 1.165) is 24.7 Å². The molecule has 0 aliphatic heterocycles. The summed E-state index contributed by atoms with van der Waals surface area (Å²) in [6.45, 7) is 3.10. The molecule has 0 heterocycles. The monoisotopic (exact) mass is 226 g/mol. The maximum atomic E-state index is 5.93. The average molecular weight is 227 g/mol. The highest BCUT2D eigenvalue weighted by atomic mass is 35.5. The Balaban J connectivity index is 2.40. The number of halogens is 1. The van der Waals surface area contributed by atoms with Crippen LogP contribution in [0.1, 0.15) is 5.56 Å². The SMILES string of the molecule is CN(C)CCN(C)Cc1cccc(Cl)c1. The van der Waals surface area contributed by atoms with Crippen molar-refractivity contribution in [3.05, 3.63) is 34.9 Å². The standard InChI is InChI=1S/C12H19ClN2/c1-14(2)7-8-15(3)10-11-5-4-6-12(13)9-11/h4-6,9H,7-8,10H2,1-3H3. The van der Waals surface area contributed by atoms with Crippen LogP contribution in [0.2, 0.25) is 5.02 Å². The molecule has 0 aliphatic rings. The van der Waals surface area contributed by atoms with Gasteiger partial charge in [0, 0.05) is 24.7 Å². The molecule has 84 valence electrons. The van der Waals surface area contributed by atoms with Crippen LogP contribution in [0.25, 0.3) is 0 Å². The zero-order valence-electron chi connectivity index (χ0n) is 9.70. The van der Waals surface area contributed by atoms with Gasteiger partial charge in [-0.2, -0.15) is 0 Å². The maximum Gasteiger partial charge on any atom is 0.0409 e. The Morgan fingerprint density at radius 1 is 1.13 bits per heavy atom. The first-order valence-electron chi connectivity index (χ1n) is 5.15. The van der Waals surface area contributed by atoms with E-state index in [4.69, 9.17) is 11.6 Å². The van der Waals surface area contributed by atoms with Crippen LogP contribution >= 0.6 is 11.6 Å². The zero-order valence-corrected chi connectivity index (χ0v) is 10.5. The lowest BCUT2D eigenvalue weighted by Crippen LogP contribution is -2.28. The largest absolute Gasteiger partial charge is 0.308 e. The molecule has 0 aromatic heterocycles. The molecule has 1 aromatic carbocycles. The number of likely N-dealkylation sites (N-methyl/N-ethyl adjacent to an activating group) is 2. The van der Waals surface area contributed by atoms with E-state index in [1.807, 2.05) is 18.2 Å². The number of nitrogens with zero attached hydrogens (tertiary/aromatic N) is 2. The van der Waals surface area contributed by atoms with E-state index < -0.39 is 0 Å². The predicted molar refractivity (Wildman–Crippen MR) is 66.3 cm³/mol. The minimum absolute atomic E-state index is 0.813. The van der Waals surface area contributed by atoms with E-state index in [1.54, 1.807) is 0 Å². The molecule has 2 nitrogen and oxygen atoms in total. The normalized spacial score (nSPS) is 11.3. The molecule has 0 saturated carbocycles. The van der Waals surface area contributed by atoms with Gasteiger partial charge in [0.25, 0.3) is 0 Å². The summed E-state index contributed by atoms with van der Waals surface area (Å²) in [5.74, 6) is 0. The molecule has 0 aliphatic carbocycles. The topological polar surface area (TPSA) is 6.48 Å². The van der Waals surface area contributed by atoms with Crippen molar-refractivity contribution in [3.8, 4) is 0 Å². The van der Waals surface area contributed by atoms with Crippen molar-refractivity contribution >= 4 is 11.6 Å². The van der Waals surface area contributed by atoms with Gasteiger partial charge in [-0.3, -0.25) is 0 Å². The fourth-order valence-electron chi connectivity index (χ4n) is 1.40. The van der Waals surface area contributed by atoms with E-state index in [9.17, 15) is 0 Å². The van der Waals surface area contributed by atoms with Gasteiger partial charge in [0.05, 0.1) is 0 Å². The Morgan fingerprint density at radius 2 is 1.87 bits per heavy atom. The van der Waals surface area contributed by atoms with Crippen LogP contribution in [0, 0.1) is 0 Å². The number of rotatable bonds is 5. The summed E-state index contributed by atoms with van der Waals surface area (Å²) in [5.41, 5.74) is 1.27. The molecule has 0 radical (unpaired) electrons. The molecule has 0 fully saturated rings. The number of hydrogen-bond donors (Lipinski definition) is 0. The molecule has 0 atom stereocenters. The smallest absolute Gasteiger partial charge is 0.0409 e. The lowest BCUT2D eigenvalue weighted by atomic mass is 10.2. The summed E-state index contributed by atoms with van der Waals surface area (Å²) in [6.07, 6.45) is 0. The first kappa shape index (κ1) is 12.5. The van der Waals surface area contributed by atoms with Gasteiger partial charge in [-0.15, -0.1) is 0 Å². The first-order chi connectivity index (χ1) is 7.08. The Bertz CT molecular complexity index is 299. The van der Waals surface area contributed by atoms with Gasteiger partial charge in [-0.25, -0.2) is 0 Å². The van der Waals surface area contributed by atoms with Gasteiger partial charge < -0.3 is 9.80 Å². The third kappa shape index (κ3) is 5.17. The second-order valence-electron chi connectivity index (χ2n) is 4.17. The molecule has 0 saturated heterocycles. The van der Waals surface area contributed by atoms with Gasteiger partial charge in [0.1, 0.15) is 0 Å². The molecule has 0 N–H and O–H groups in total. The van der Waals surface area contributed by atoms with Gasteiger partial charge in [0.15, 0.2) is 0 Å². The summed E-state index contributed by atoms with van der Waals surface area (Å²) in [5, 5.41) is 0.813. The fraction of sp³-hybridized carbons (Fsp3) is 0.500. The highest BCUT2D eigenvalue weighted by Crippen LogP contribution is 2.11. The van der Waals surface area contributed by atoms with Gasteiger partial charge >= 0.3 is 0 Å². The molecule has 0 bridgehead atoms. The first-order valence-corrected chi connectivity index (χ1v) is 5.53. The van der Waals surface area contributed by atoms with Crippen LogP contribution in [-0.4, -0.2) is 44.0 Å². The van der Waals surface area contributed by atoms with Crippen molar-refractivity contribution in [3.63, 3.8) is 0 Å². The lowest BCUT2D eigenvalue weighted by Gasteiger charge is -2.19. The third-order valence-corrected chi connectivity index (χ3v) is 2.51. The fourth-order valence-corrected chi connectivity index (χ4v) is 1.61. The Morgan fingerprint density at radius 3 is 2.47 bits per heavy atom. The molecule has 1 aromatic rings. The van der Waals surface area contributed by atoms with E-state index in [0.29, 0.717) is 0 Å². The highest BCUT2D eigenvalue weighted by Gasteiger charge is 2.01. The van der Waals surface area contributed by atoms with Gasteiger partial charge in [0.2, 0.25) is 0 Å². The van der Waals surface area contributed by atoms with Crippen molar-refractivity contribution < 1.29 is 0 Å². The second-order valence-corrected chi connectivity index (χ2v) is 4.61. The Kier molecular flexibility index (Phi) is 5.09. The van der Waals surface area contributed by atoms with E-state index in [-0.39, 0.29) is 0 Å². The van der Waals surface area contributed by atoms with Crippen LogP contribution in [0.3, 0.4) is 0 Å². The molecule has 0 amide bonds. The summed E-state index contributed by atoms with van der Waals surface area (Å²) in [6, 6.07) is 8.04. The minimum atomic E-state index is 0.813. The molecule has 1 rings (SSSR count). The van der Waals surface area contributed by atoms with E-state index >= 15 is 0 Å². The Labute approximate surface area is 97.4 Å².